The minimum Gasteiger partial charge on any atom is -0.480 e. The maximum absolute atomic E-state index is 12.2. The molecule has 2 N–H and O–H groups in total. The van der Waals surface area contributed by atoms with Gasteiger partial charge in [-0.15, -0.1) is 0 Å². The number of pyridine rings is 1. The van der Waals surface area contributed by atoms with Crippen LogP contribution in [-0.4, -0.2) is 28.0 Å². The van der Waals surface area contributed by atoms with Gasteiger partial charge in [0.2, 0.25) is 0 Å². The van der Waals surface area contributed by atoms with Gasteiger partial charge in [-0.05, 0) is 36.8 Å². The Bertz CT molecular complexity index is 541. The first-order valence-electron chi connectivity index (χ1n) is 6.59. The molecule has 6 heteroatoms. The zero-order valence-electron chi connectivity index (χ0n) is 11.4. The van der Waals surface area contributed by atoms with Gasteiger partial charge in [0, 0.05) is 11.3 Å². The Hall–Kier alpha value is -1.62. The van der Waals surface area contributed by atoms with Gasteiger partial charge >= 0.3 is 5.97 Å². The highest BCUT2D eigenvalue weighted by molar-refractivity contribution is 6.29. The first kappa shape index (κ1) is 14.8. The molecule has 0 bridgehead atoms. The molecular formula is C14H17ClN2O3. The molecule has 20 heavy (non-hydrogen) atoms. The summed E-state index contributed by atoms with van der Waals surface area (Å²) in [6.07, 6.45) is 1.68. The number of carbonyl (C=O) groups excluding carboxylic acids is 1. The molecule has 1 atom stereocenters. The van der Waals surface area contributed by atoms with Crippen molar-refractivity contribution >= 4 is 23.5 Å². The van der Waals surface area contributed by atoms with E-state index in [-0.39, 0.29) is 17.0 Å². The maximum Gasteiger partial charge on any atom is 0.326 e. The SMILES string of the molecule is CC(C)c1cc(C(=O)NC(C(=O)O)C2CC2)cc(Cl)n1. The lowest BCUT2D eigenvalue weighted by Crippen LogP contribution is -2.42. The lowest BCUT2D eigenvalue weighted by Gasteiger charge is -2.14. The number of aliphatic carboxylic acids is 1. The fourth-order valence-electron chi connectivity index (χ4n) is 1.98. The van der Waals surface area contributed by atoms with E-state index in [0.717, 1.165) is 12.8 Å². The molecule has 108 valence electrons. The van der Waals surface area contributed by atoms with Crippen LogP contribution in [0.5, 0.6) is 0 Å². The minimum atomic E-state index is -0.995. The predicted molar refractivity (Wildman–Crippen MR) is 75.0 cm³/mol. The van der Waals surface area contributed by atoms with E-state index < -0.39 is 17.9 Å². The van der Waals surface area contributed by atoms with Crippen molar-refractivity contribution in [3.8, 4) is 0 Å². The van der Waals surface area contributed by atoms with E-state index >= 15 is 0 Å². The molecule has 0 aliphatic heterocycles. The van der Waals surface area contributed by atoms with Gasteiger partial charge in [0.25, 0.3) is 5.91 Å². The van der Waals surface area contributed by atoms with Crippen LogP contribution < -0.4 is 5.32 Å². The zero-order chi connectivity index (χ0) is 14.9. The second-order valence-electron chi connectivity index (χ2n) is 5.38. The quantitative estimate of drug-likeness (QED) is 0.818. The summed E-state index contributed by atoms with van der Waals surface area (Å²) in [7, 11) is 0. The summed E-state index contributed by atoms with van der Waals surface area (Å²) in [5.41, 5.74) is 1.06. The summed E-state index contributed by atoms with van der Waals surface area (Å²) >= 11 is 5.90. The molecule has 1 saturated carbocycles. The molecule has 0 spiro atoms. The predicted octanol–water partition coefficient (Wildman–Crippen LogP) is 2.45. The summed E-state index contributed by atoms with van der Waals surface area (Å²) in [5.74, 6) is -1.24. The first-order chi connectivity index (χ1) is 9.38. The van der Waals surface area contributed by atoms with Gasteiger partial charge in [0.15, 0.2) is 0 Å². The van der Waals surface area contributed by atoms with Crippen molar-refractivity contribution in [1.29, 1.82) is 0 Å². The van der Waals surface area contributed by atoms with Gasteiger partial charge in [-0.25, -0.2) is 9.78 Å². The van der Waals surface area contributed by atoms with Crippen LogP contribution in [0.2, 0.25) is 5.15 Å². The molecule has 0 saturated heterocycles. The monoisotopic (exact) mass is 296 g/mol. The average molecular weight is 297 g/mol. The van der Waals surface area contributed by atoms with Crippen LogP contribution in [0.1, 0.15) is 48.7 Å². The van der Waals surface area contributed by atoms with Crippen LogP contribution in [0.25, 0.3) is 0 Å². The van der Waals surface area contributed by atoms with Crippen molar-refractivity contribution in [3.05, 3.63) is 28.5 Å². The molecule has 1 fully saturated rings. The number of nitrogens with zero attached hydrogens (tertiary/aromatic N) is 1. The normalized spacial score (nSPS) is 16.0. The van der Waals surface area contributed by atoms with Crippen molar-refractivity contribution in [2.24, 2.45) is 5.92 Å². The fraction of sp³-hybridized carbons (Fsp3) is 0.500. The van der Waals surface area contributed by atoms with Crippen molar-refractivity contribution in [2.45, 2.75) is 38.6 Å². The lowest BCUT2D eigenvalue weighted by molar-refractivity contribution is -0.139. The third-order valence-corrected chi connectivity index (χ3v) is 3.51. The minimum absolute atomic E-state index is 0.0401. The molecule has 5 nitrogen and oxygen atoms in total. The van der Waals surface area contributed by atoms with Crippen molar-refractivity contribution in [1.82, 2.24) is 10.3 Å². The number of amides is 1. The van der Waals surface area contributed by atoms with E-state index in [1.165, 1.54) is 6.07 Å². The van der Waals surface area contributed by atoms with Crippen LogP contribution in [-0.2, 0) is 4.79 Å². The second-order valence-corrected chi connectivity index (χ2v) is 5.77. The van der Waals surface area contributed by atoms with Crippen molar-refractivity contribution in [3.63, 3.8) is 0 Å². The number of nitrogens with one attached hydrogen (secondary N) is 1. The highest BCUT2D eigenvalue weighted by Crippen LogP contribution is 2.33. The van der Waals surface area contributed by atoms with E-state index in [0.29, 0.717) is 11.3 Å². The van der Waals surface area contributed by atoms with E-state index in [9.17, 15) is 9.59 Å². The second kappa shape index (κ2) is 5.79. The molecule has 2 rings (SSSR count). The van der Waals surface area contributed by atoms with E-state index in [1.807, 2.05) is 13.8 Å². The van der Waals surface area contributed by atoms with Crippen LogP contribution in [0, 0.1) is 5.92 Å². The number of hydrogen-bond acceptors (Lipinski definition) is 3. The molecule has 1 amide bonds. The molecule has 1 aliphatic rings. The van der Waals surface area contributed by atoms with E-state index in [2.05, 4.69) is 10.3 Å². The van der Waals surface area contributed by atoms with Crippen molar-refractivity contribution < 1.29 is 14.7 Å². The van der Waals surface area contributed by atoms with Gasteiger partial charge in [-0.1, -0.05) is 25.4 Å². The Morgan fingerprint density at radius 2 is 2.05 bits per heavy atom. The summed E-state index contributed by atoms with van der Waals surface area (Å²) in [4.78, 5) is 27.4. The Kier molecular flexibility index (Phi) is 4.28. The number of carboxylic acid groups (broad SMARTS) is 1. The highest BCUT2D eigenvalue weighted by Gasteiger charge is 2.37. The molecule has 0 radical (unpaired) electrons. The number of rotatable bonds is 5. The summed E-state index contributed by atoms with van der Waals surface area (Å²) in [6.45, 7) is 3.90. The van der Waals surface area contributed by atoms with E-state index in [4.69, 9.17) is 16.7 Å². The van der Waals surface area contributed by atoms with Crippen LogP contribution >= 0.6 is 11.6 Å². The van der Waals surface area contributed by atoms with Gasteiger partial charge in [-0.3, -0.25) is 4.79 Å². The van der Waals surface area contributed by atoms with E-state index in [1.54, 1.807) is 6.07 Å². The lowest BCUT2D eigenvalue weighted by atomic mass is 10.1. The van der Waals surface area contributed by atoms with Crippen molar-refractivity contribution in [2.75, 3.05) is 0 Å². The Balaban J connectivity index is 2.18. The van der Waals surface area contributed by atoms with Crippen LogP contribution in [0.3, 0.4) is 0 Å². The standard InChI is InChI=1S/C14H17ClN2O3/c1-7(2)10-5-9(6-11(15)16-10)13(18)17-12(14(19)20)8-3-4-8/h5-8,12H,3-4H2,1-2H3,(H,17,18)(H,19,20). The number of halogens is 1. The molecule has 1 aromatic heterocycles. The summed E-state index contributed by atoms with van der Waals surface area (Å²) in [6, 6.07) is 2.28. The largest absolute Gasteiger partial charge is 0.480 e. The fourth-order valence-corrected chi connectivity index (χ4v) is 2.19. The molecule has 1 aliphatic carbocycles. The zero-order valence-corrected chi connectivity index (χ0v) is 12.1. The smallest absolute Gasteiger partial charge is 0.326 e. The van der Waals surface area contributed by atoms with Gasteiger partial charge in [0.05, 0.1) is 0 Å². The topological polar surface area (TPSA) is 79.3 Å². The van der Waals surface area contributed by atoms with Gasteiger partial charge < -0.3 is 10.4 Å². The Morgan fingerprint density at radius 1 is 1.40 bits per heavy atom. The highest BCUT2D eigenvalue weighted by atomic mass is 35.5. The van der Waals surface area contributed by atoms with Crippen LogP contribution in [0.15, 0.2) is 12.1 Å². The third kappa shape index (κ3) is 3.48. The maximum atomic E-state index is 12.2. The first-order valence-corrected chi connectivity index (χ1v) is 6.97. The molecule has 1 unspecified atom stereocenters. The molecule has 0 aromatic carbocycles. The number of carboxylic acids is 1. The number of hydrogen-bond donors (Lipinski definition) is 2. The average Bonchev–Trinajstić information content (AvgIpc) is 3.18. The number of aromatic nitrogens is 1. The molecule has 1 aromatic rings. The number of carbonyl (C=O) groups is 2. The van der Waals surface area contributed by atoms with Gasteiger partial charge in [-0.2, -0.15) is 0 Å². The summed E-state index contributed by atoms with van der Waals surface area (Å²) in [5, 5.41) is 11.9. The Morgan fingerprint density at radius 3 is 2.55 bits per heavy atom. The Labute approximate surface area is 122 Å². The summed E-state index contributed by atoms with van der Waals surface area (Å²) < 4.78 is 0. The molecular weight excluding hydrogens is 280 g/mol. The molecule has 1 heterocycles. The third-order valence-electron chi connectivity index (χ3n) is 3.31. The van der Waals surface area contributed by atoms with Gasteiger partial charge in [0.1, 0.15) is 11.2 Å². The van der Waals surface area contributed by atoms with Crippen LogP contribution in [0.4, 0.5) is 0 Å².